The first-order chi connectivity index (χ1) is 4.33. The van der Waals surface area contributed by atoms with Gasteiger partial charge in [-0.1, -0.05) is 13.8 Å². The van der Waals surface area contributed by atoms with Gasteiger partial charge in [0.05, 0.1) is 5.75 Å². The molecular formula is C5H9NaO4S. The zero-order chi connectivity index (χ0) is 8.36. The van der Waals surface area contributed by atoms with Crippen LogP contribution >= 0.6 is 0 Å². The Labute approximate surface area is 88.4 Å². The molecule has 0 aliphatic carbocycles. The number of hydrogen-bond acceptors (Lipinski definition) is 4. The molecule has 0 aromatic carbocycles. The molecule has 0 aromatic rings. The van der Waals surface area contributed by atoms with Crippen molar-refractivity contribution in [3.05, 3.63) is 0 Å². The zero-order valence-corrected chi connectivity index (χ0v) is 9.64. The molecule has 0 amide bonds. The first-order valence-corrected chi connectivity index (χ1v) is 4.37. The Kier molecular flexibility index (Phi) is 6.76. The number of carbonyl (C=O) groups excluding carboxylic acids is 1. The molecule has 0 bridgehead atoms. The minimum absolute atomic E-state index is 0. The topological polar surface area (TPSA) is 74.3 Å². The Balaban J connectivity index is 0. The molecular weight excluding hydrogens is 179 g/mol. The molecule has 0 saturated heterocycles. The van der Waals surface area contributed by atoms with Crippen LogP contribution in [0.15, 0.2) is 0 Å². The SMILES string of the molecule is CC(C)C(=O)CS(=O)(=O)[O-].[Na+]. The van der Waals surface area contributed by atoms with Crippen LogP contribution in [0.5, 0.6) is 0 Å². The van der Waals surface area contributed by atoms with Crippen molar-refractivity contribution < 1.29 is 47.3 Å². The van der Waals surface area contributed by atoms with Gasteiger partial charge in [0.15, 0.2) is 0 Å². The minimum atomic E-state index is -4.37. The molecule has 0 aliphatic rings. The van der Waals surface area contributed by atoms with Gasteiger partial charge in [-0.2, -0.15) is 0 Å². The normalized spacial score (nSPS) is 10.9. The zero-order valence-electron chi connectivity index (χ0n) is 6.83. The van der Waals surface area contributed by atoms with Crippen LogP contribution < -0.4 is 29.6 Å². The predicted octanol–water partition coefficient (Wildman–Crippen LogP) is -3.24. The monoisotopic (exact) mass is 188 g/mol. The molecule has 60 valence electrons. The van der Waals surface area contributed by atoms with Gasteiger partial charge in [-0.05, 0) is 0 Å². The fraction of sp³-hybridized carbons (Fsp3) is 0.800. The van der Waals surface area contributed by atoms with Crippen LogP contribution in [0.25, 0.3) is 0 Å². The van der Waals surface area contributed by atoms with Crippen molar-refractivity contribution in [1.82, 2.24) is 0 Å². The fourth-order valence-electron chi connectivity index (χ4n) is 0.341. The molecule has 0 aliphatic heterocycles. The minimum Gasteiger partial charge on any atom is -0.748 e. The summed E-state index contributed by atoms with van der Waals surface area (Å²) < 4.78 is 29.9. The molecule has 0 unspecified atom stereocenters. The van der Waals surface area contributed by atoms with Crippen molar-refractivity contribution >= 4 is 15.9 Å². The Hall–Kier alpha value is 0.580. The molecule has 11 heavy (non-hydrogen) atoms. The second-order valence-electron chi connectivity index (χ2n) is 2.32. The van der Waals surface area contributed by atoms with Gasteiger partial charge in [0.1, 0.15) is 15.9 Å². The van der Waals surface area contributed by atoms with Crippen molar-refractivity contribution in [1.29, 1.82) is 0 Å². The summed E-state index contributed by atoms with van der Waals surface area (Å²) in [4.78, 5) is 10.6. The van der Waals surface area contributed by atoms with Gasteiger partial charge in [0, 0.05) is 5.92 Å². The van der Waals surface area contributed by atoms with E-state index in [1.807, 2.05) is 0 Å². The van der Waals surface area contributed by atoms with Crippen molar-refractivity contribution in [3.63, 3.8) is 0 Å². The quantitative estimate of drug-likeness (QED) is 0.344. The van der Waals surface area contributed by atoms with Crippen molar-refractivity contribution in [3.8, 4) is 0 Å². The molecule has 0 rings (SSSR count). The van der Waals surface area contributed by atoms with Gasteiger partial charge >= 0.3 is 29.6 Å². The van der Waals surface area contributed by atoms with Crippen LogP contribution in [0, 0.1) is 5.92 Å². The van der Waals surface area contributed by atoms with E-state index in [1.165, 1.54) is 0 Å². The standard InChI is InChI=1S/C5H10O4S.Na/c1-4(2)5(6)3-10(7,8)9;/h4H,3H2,1-2H3,(H,7,8,9);/q;+1/p-1. The third-order valence-electron chi connectivity index (χ3n) is 0.963. The second-order valence-corrected chi connectivity index (χ2v) is 3.73. The van der Waals surface area contributed by atoms with Crippen LogP contribution in [0.3, 0.4) is 0 Å². The second kappa shape index (κ2) is 5.27. The maximum absolute atomic E-state index is 10.6. The van der Waals surface area contributed by atoms with Crippen molar-refractivity contribution in [2.75, 3.05) is 5.75 Å². The van der Waals surface area contributed by atoms with E-state index in [4.69, 9.17) is 0 Å². The van der Waals surface area contributed by atoms with E-state index < -0.39 is 21.7 Å². The van der Waals surface area contributed by atoms with Crippen LogP contribution in [0.1, 0.15) is 13.8 Å². The Morgan fingerprint density at radius 2 is 1.82 bits per heavy atom. The number of rotatable bonds is 3. The first-order valence-electron chi connectivity index (χ1n) is 2.79. The third kappa shape index (κ3) is 8.49. The third-order valence-corrected chi connectivity index (χ3v) is 1.60. The van der Waals surface area contributed by atoms with Crippen LogP contribution in [-0.2, 0) is 14.9 Å². The smallest absolute Gasteiger partial charge is 0.748 e. The Bertz CT molecular complexity index is 219. The van der Waals surface area contributed by atoms with Gasteiger partial charge in [-0.15, -0.1) is 0 Å². The first kappa shape index (κ1) is 14.1. The van der Waals surface area contributed by atoms with Gasteiger partial charge < -0.3 is 4.55 Å². The summed E-state index contributed by atoms with van der Waals surface area (Å²) in [6, 6.07) is 0. The summed E-state index contributed by atoms with van der Waals surface area (Å²) in [6.45, 7) is 3.10. The molecule has 0 saturated carbocycles. The van der Waals surface area contributed by atoms with Gasteiger partial charge in [-0.3, -0.25) is 4.79 Å². The predicted molar refractivity (Wildman–Crippen MR) is 34.4 cm³/mol. The summed E-state index contributed by atoms with van der Waals surface area (Å²) in [7, 11) is -4.37. The molecule has 0 spiro atoms. The summed E-state index contributed by atoms with van der Waals surface area (Å²) in [5, 5.41) is 0. The summed E-state index contributed by atoms with van der Waals surface area (Å²) in [6.07, 6.45) is 0. The van der Waals surface area contributed by atoms with Crippen molar-refractivity contribution in [2.45, 2.75) is 13.8 Å². The van der Waals surface area contributed by atoms with E-state index in [0.29, 0.717) is 0 Å². The Morgan fingerprint density at radius 3 is 1.91 bits per heavy atom. The largest absolute Gasteiger partial charge is 1.00 e. The van der Waals surface area contributed by atoms with E-state index >= 15 is 0 Å². The number of carbonyl (C=O) groups is 1. The summed E-state index contributed by atoms with van der Waals surface area (Å²) in [5.41, 5.74) is 0. The van der Waals surface area contributed by atoms with E-state index in [0.717, 1.165) is 0 Å². The molecule has 0 atom stereocenters. The molecule has 6 heteroatoms. The van der Waals surface area contributed by atoms with E-state index in [-0.39, 0.29) is 35.5 Å². The van der Waals surface area contributed by atoms with Gasteiger partial charge in [0.2, 0.25) is 0 Å². The number of ketones is 1. The number of hydrogen-bond donors (Lipinski definition) is 0. The molecule has 4 nitrogen and oxygen atoms in total. The van der Waals surface area contributed by atoms with Crippen LogP contribution in [0.2, 0.25) is 0 Å². The maximum Gasteiger partial charge on any atom is 1.00 e. The molecule has 0 N–H and O–H groups in total. The van der Waals surface area contributed by atoms with E-state index in [1.54, 1.807) is 13.8 Å². The van der Waals surface area contributed by atoms with Crippen molar-refractivity contribution in [2.24, 2.45) is 5.92 Å². The fourth-order valence-corrected chi connectivity index (χ4v) is 1.02. The van der Waals surface area contributed by atoms with Gasteiger partial charge in [0.25, 0.3) is 0 Å². The Morgan fingerprint density at radius 1 is 1.45 bits per heavy atom. The van der Waals surface area contributed by atoms with Crippen LogP contribution in [-0.4, -0.2) is 24.5 Å². The molecule has 0 heterocycles. The van der Waals surface area contributed by atoms with E-state index in [2.05, 4.69) is 0 Å². The average molecular weight is 188 g/mol. The molecule has 0 radical (unpaired) electrons. The average Bonchev–Trinajstić information content (AvgIpc) is 1.60. The number of Topliss-reactive ketones (excluding diaryl/α,β-unsaturated/α-hetero) is 1. The molecule has 0 aromatic heterocycles. The van der Waals surface area contributed by atoms with E-state index in [9.17, 15) is 17.8 Å². The van der Waals surface area contributed by atoms with Gasteiger partial charge in [-0.25, -0.2) is 8.42 Å². The summed E-state index contributed by atoms with van der Waals surface area (Å²) in [5.74, 6) is -1.80. The molecule has 0 fully saturated rings. The van der Waals surface area contributed by atoms with Crippen LogP contribution in [0.4, 0.5) is 0 Å². The maximum atomic E-state index is 10.6. The summed E-state index contributed by atoms with van der Waals surface area (Å²) >= 11 is 0.